The number of hydrogen-bond acceptors (Lipinski definition) is 5. The SMILES string of the molecule is N#Cc1ccccc1OCC(=O)N1CCN(CC(=O)NCc2ccccc2)CC1. The van der Waals surface area contributed by atoms with E-state index in [9.17, 15) is 9.59 Å². The number of amides is 2. The van der Waals surface area contributed by atoms with Crippen molar-refractivity contribution in [3.8, 4) is 11.8 Å². The van der Waals surface area contributed by atoms with Gasteiger partial charge in [-0.15, -0.1) is 0 Å². The number of carbonyl (C=O) groups excluding carboxylic acids is 2. The molecule has 0 atom stereocenters. The van der Waals surface area contributed by atoms with Gasteiger partial charge in [-0.25, -0.2) is 0 Å². The highest BCUT2D eigenvalue weighted by atomic mass is 16.5. The zero-order valence-corrected chi connectivity index (χ0v) is 16.2. The summed E-state index contributed by atoms with van der Waals surface area (Å²) in [5, 5.41) is 12.0. The molecule has 150 valence electrons. The first kappa shape index (κ1) is 20.4. The molecule has 1 saturated heterocycles. The molecule has 0 unspecified atom stereocenters. The van der Waals surface area contributed by atoms with Gasteiger partial charge in [-0.2, -0.15) is 5.26 Å². The second-order valence-electron chi connectivity index (χ2n) is 6.82. The number of carbonyl (C=O) groups is 2. The lowest BCUT2D eigenvalue weighted by Crippen LogP contribution is -2.52. The highest BCUT2D eigenvalue weighted by Crippen LogP contribution is 2.16. The number of nitrogens with zero attached hydrogens (tertiary/aromatic N) is 3. The van der Waals surface area contributed by atoms with Crippen LogP contribution >= 0.6 is 0 Å². The van der Waals surface area contributed by atoms with Crippen molar-refractivity contribution in [2.45, 2.75) is 6.54 Å². The van der Waals surface area contributed by atoms with Crippen LogP contribution in [0.5, 0.6) is 5.75 Å². The molecule has 3 rings (SSSR count). The Labute approximate surface area is 170 Å². The normalized spacial score (nSPS) is 14.1. The van der Waals surface area contributed by atoms with Crippen LogP contribution in [0.3, 0.4) is 0 Å². The van der Waals surface area contributed by atoms with Crippen molar-refractivity contribution in [3.63, 3.8) is 0 Å². The Morgan fingerprint density at radius 1 is 1.00 bits per heavy atom. The molecule has 0 aliphatic carbocycles. The summed E-state index contributed by atoms with van der Waals surface area (Å²) >= 11 is 0. The summed E-state index contributed by atoms with van der Waals surface area (Å²) < 4.78 is 5.52. The second kappa shape index (κ2) is 10.2. The number of para-hydroxylation sites is 1. The van der Waals surface area contributed by atoms with Crippen molar-refractivity contribution >= 4 is 11.8 Å². The van der Waals surface area contributed by atoms with Crippen molar-refractivity contribution < 1.29 is 14.3 Å². The average molecular weight is 392 g/mol. The van der Waals surface area contributed by atoms with Crippen LogP contribution in [0.1, 0.15) is 11.1 Å². The number of benzene rings is 2. The van der Waals surface area contributed by atoms with Crippen LogP contribution in [0.15, 0.2) is 54.6 Å². The van der Waals surface area contributed by atoms with E-state index in [0.717, 1.165) is 5.56 Å². The van der Waals surface area contributed by atoms with Gasteiger partial charge in [0.05, 0.1) is 12.1 Å². The number of piperazine rings is 1. The molecule has 0 radical (unpaired) electrons. The van der Waals surface area contributed by atoms with Gasteiger partial charge in [0.25, 0.3) is 5.91 Å². The van der Waals surface area contributed by atoms with Gasteiger partial charge >= 0.3 is 0 Å². The standard InChI is InChI=1S/C22H24N4O3/c23-14-19-8-4-5-9-20(19)29-17-22(28)26-12-10-25(11-13-26)16-21(27)24-15-18-6-2-1-3-7-18/h1-9H,10-13,15-17H2,(H,24,27). The summed E-state index contributed by atoms with van der Waals surface area (Å²) in [7, 11) is 0. The molecule has 1 N–H and O–H groups in total. The highest BCUT2D eigenvalue weighted by molar-refractivity contribution is 5.79. The topological polar surface area (TPSA) is 85.7 Å². The third kappa shape index (κ3) is 6.06. The van der Waals surface area contributed by atoms with Crippen molar-refractivity contribution in [1.82, 2.24) is 15.1 Å². The molecule has 2 aromatic carbocycles. The smallest absolute Gasteiger partial charge is 0.260 e. The second-order valence-corrected chi connectivity index (χ2v) is 6.82. The van der Waals surface area contributed by atoms with Crippen LogP contribution in [0.4, 0.5) is 0 Å². The maximum absolute atomic E-state index is 12.4. The monoisotopic (exact) mass is 392 g/mol. The summed E-state index contributed by atoms with van der Waals surface area (Å²) in [6.07, 6.45) is 0. The maximum atomic E-state index is 12.4. The fourth-order valence-corrected chi connectivity index (χ4v) is 3.13. The molecule has 0 spiro atoms. The lowest BCUT2D eigenvalue weighted by atomic mass is 10.2. The Bertz CT molecular complexity index is 871. The van der Waals surface area contributed by atoms with E-state index < -0.39 is 0 Å². The molecule has 2 amide bonds. The summed E-state index contributed by atoms with van der Waals surface area (Å²) in [5.41, 5.74) is 1.47. The molecular weight excluding hydrogens is 368 g/mol. The first-order chi connectivity index (χ1) is 14.2. The van der Waals surface area contributed by atoms with Gasteiger partial charge < -0.3 is 15.0 Å². The highest BCUT2D eigenvalue weighted by Gasteiger charge is 2.22. The van der Waals surface area contributed by atoms with E-state index in [-0.39, 0.29) is 18.4 Å². The largest absolute Gasteiger partial charge is 0.482 e. The Morgan fingerprint density at radius 2 is 1.69 bits per heavy atom. The Balaban J connectivity index is 1.38. The van der Waals surface area contributed by atoms with E-state index in [1.807, 2.05) is 41.3 Å². The van der Waals surface area contributed by atoms with Crippen LogP contribution in [0.25, 0.3) is 0 Å². The molecule has 7 heteroatoms. The molecule has 1 aliphatic heterocycles. The lowest BCUT2D eigenvalue weighted by molar-refractivity contribution is -0.135. The van der Waals surface area contributed by atoms with Crippen LogP contribution in [0.2, 0.25) is 0 Å². The van der Waals surface area contributed by atoms with Crippen LogP contribution in [0, 0.1) is 11.3 Å². The minimum Gasteiger partial charge on any atom is -0.482 e. The van der Waals surface area contributed by atoms with Gasteiger partial charge in [-0.05, 0) is 17.7 Å². The molecular formula is C22H24N4O3. The van der Waals surface area contributed by atoms with Crippen molar-refractivity contribution in [3.05, 3.63) is 65.7 Å². The van der Waals surface area contributed by atoms with E-state index in [2.05, 4.69) is 5.32 Å². The van der Waals surface area contributed by atoms with Gasteiger partial charge in [-0.3, -0.25) is 14.5 Å². The summed E-state index contributed by atoms with van der Waals surface area (Å²) in [4.78, 5) is 28.3. The molecule has 1 aliphatic rings. The Kier molecular flexibility index (Phi) is 7.20. The van der Waals surface area contributed by atoms with Crippen molar-refractivity contribution in [1.29, 1.82) is 5.26 Å². The van der Waals surface area contributed by atoms with E-state index in [0.29, 0.717) is 50.6 Å². The Hall–Kier alpha value is -3.37. The number of rotatable bonds is 7. The van der Waals surface area contributed by atoms with Gasteiger partial charge in [-0.1, -0.05) is 42.5 Å². The van der Waals surface area contributed by atoms with E-state index in [1.54, 1.807) is 29.2 Å². The van der Waals surface area contributed by atoms with Gasteiger partial charge in [0.1, 0.15) is 11.8 Å². The van der Waals surface area contributed by atoms with Crippen LogP contribution in [-0.4, -0.2) is 60.9 Å². The van der Waals surface area contributed by atoms with E-state index >= 15 is 0 Å². The van der Waals surface area contributed by atoms with E-state index in [1.165, 1.54) is 0 Å². The molecule has 1 fully saturated rings. The number of hydrogen-bond donors (Lipinski definition) is 1. The molecule has 0 saturated carbocycles. The van der Waals surface area contributed by atoms with E-state index in [4.69, 9.17) is 10.00 Å². The predicted octanol–water partition coefficient (Wildman–Crippen LogP) is 1.40. The first-order valence-electron chi connectivity index (χ1n) is 9.58. The molecule has 29 heavy (non-hydrogen) atoms. The summed E-state index contributed by atoms with van der Waals surface area (Å²) in [6.45, 7) is 3.11. The molecule has 1 heterocycles. The first-order valence-corrected chi connectivity index (χ1v) is 9.58. The molecule has 2 aromatic rings. The molecule has 0 aromatic heterocycles. The summed E-state index contributed by atoms with van der Waals surface area (Å²) in [6, 6.07) is 18.7. The van der Waals surface area contributed by atoms with Gasteiger partial charge in [0.2, 0.25) is 5.91 Å². The van der Waals surface area contributed by atoms with Crippen molar-refractivity contribution in [2.24, 2.45) is 0 Å². The molecule has 0 bridgehead atoms. The fraction of sp³-hybridized carbons (Fsp3) is 0.318. The van der Waals surface area contributed by atoms with Crippen molar-refractivity contribution in [2.75, 3.05) is 39.3 Å². The minimum absolute atomic E-state index is 0.0231. The predicted molar refractivity (Wildman–Crippen MR) is 108 cm³/mol. The Morgan fingerprint density at radius 3 is 2.41 bits per heavy atom. The third-order valence-corrected chi connectivity index (χ3v) is 4.78. The summed E-state index contributed by atoms with van der Waals surface area (Å²) in [5.74, 6) is 0.271. The lowest BCUT2D eigenvalue weighted by Gasteiger charge is -2.34. The quantitative estimate of drug-likeness (QED) is 0.770. The third-order valence-electron chi connectivity index (χ3n) is 4.78. The minimum atomic E-state index is -0.120. The fourth-order valence-electron chi connectivity index (χ4n) is 3.13. The number of ether oxygens (including phenoxy) is 1. The number of nitrogens with one attached hydrogen (secondary N) is 1. The zero-order valence-electron chi connectivity index (χ0n) is 16.2. The number of nitriles is 1. The van der Waals surface area contributed by atoms with Gasteiger partial charge in [0.15, 0.2) is 6.61 Å². The average Bonchev–Trinajstić information content (AvgIpc) is 2.77. The van der Waals surface area contributed by atoms with Gasteiger partial charge in [0, 0.05) is 32.7 Å². The maximum Gasteiger partial charge on any atom is 0.260 e. The van der Waals surface area contributed by atoms with Crippen LogP contribution in [-0.2, 0) is 16.1 Å². The molecule has 7 nitrogen and oxygen atoms in total. The zero-order chi connectivity index (χ0) is 20.5. The van der Waals surface area contributed by atoms with Crippen LogP contribution < -0.4 is 10.1 Å².